The van der Waals surface area contributed by atoms with E-state index in [-0.39, 0.29) is 33.1 Å². The van der Waals surface area contributed by atoms with Gasteiger partial charge in [0.05, 0.1) is 29.9 Å². The van der Waals surface area contributed by atoms with Gasteiger partial charge < -0.3 is 14.8 Å². The molecule has 1 aromatic heterocycles. The Kier molecular flexibility index (Phi) is 6.88. The van der Waals surface area contributed by atoms with Crippen LogP contribution in [0.15, 0.2) is 47.9 Å². The molecule has 0 radical (unpaired) electrons. The van der Waals surface area contributed by atoms with Crippen LogP contribution >= 0.6 is 11.3 Å². The summed E-state index contributed by atoms with van der Waals surface area (Å²) in [5.41, 5.74) is 0. The number of hydrogen-bond donors (Lipinski definition) is 1. The van der Waals surface area contributed by atoms with Crippen molar-refractivity contribution >= 4 is 27.1 Å². The third-order valence-electron chi connectivity index (χ3n) is 5.40. The number of benzene rings is 1. The van der Waals surface area contributed by atoms with Gasteiger partial charge in [0.1, 0.15) is 10.6 Å². The summed E-state index contributed by atoms with van der Waals surface area (Å²) in [7, 11) is -3.44. The van der Waals surface area contributed by atoms with E-state index in [0.29, 0.717) is 30.3 Å². The number of rotatable bonds is 10. The highest BCUT2D eigenvalue weighted by Crippen LogP contribution is 2.41. The molecule has 2 fully saturated rings. The van der Waals surface area contributed by atoms with Gasteiger partial charge in [0.2, 0.25) is 0 Å². The number of sulfone groups is 1. The normalized spacial score (nSPS) is 18.2. The Labute approximate surface area is 195 Å². The maximum absolute atomic E-state index is 14.0. The van der Waals surface area contributed by atoms with E-state index in [0.717, 1.165) is 25.2 Å². The van der Waals surface area contributed by atoms with Crippen LogP contribution < -0.4 is 10.1 Å². The Balaban J connectivity index is 1.53. The zero-order valence-electron chi connectivity index (χ0n) is 18.0. The van der Waals surface area contributed by atoms with Crippen molar-refractivity contribution in [2.75, 3.05) is 19.0 Å². The number of ether oxygens (including phenoxy) is 2. The number of nitrogens with one attached hydrogen (secondary N) is 1. The molecule has 2 aromatic rings. The number of amides is 1. The molecule has 1 saturated heterocycles. The SMILES string of the molecule is CC(F)(F)c1cc(Oc2ccccc2)c(C(=O)N[C@H](/C=C/S(=O)(=O)CC2COC2)C2CC2)s1. The van der Waals surface area contributed by atoms with Crippen LogP contribution in [0.25, 0.3) is 0 Å². The molecule has 178 valence electrons. The highest BCUT2D eigenvalue weighted by Gasteiger charge is 2.35. The molecule has 4 rings (SSSR count). The zero-order chi connectivity index (χ0) is 23.6. The van der Waals surface area contributed by atoms with Crippen molar-refractivity contribution < 1.29 is 31.5 Å². The molecule has 0 bridgehead atoms. The van der Waals surface area contributed by atoms with Crippen molar-refractivity contribution in [3.8, 4) is 11.5 Å². The lowest BCUT2D eigenvalue weighted by Crippen LogP contribution is -2.35. The molecule has 1 aliphatic carbocycles. The quantitative estimate of drug-likeness (QED) is 0.513. The summed E-state index contributed by atoms with van der Waals surface area (Å²) in [4.78, 5) is 12.8. The van der Waals surface area contributed by atoms with Crippen LogP contribution in [0.1, 0.15) is 34.3 Å². The van der Waals surface area contributed by atoms with Crippen molar-refractivity contribution in [2.24, 2.45) is 11.8 Å². The summed E-state index contributed by atoms with van der Waals surface area (Å²) in [5.74, 6) is -3.15. The maximum atomic E-state index is 14.0. The number of carbonyl (C=O) groups is 1. The van der Waals surface area contributed by atoms with Crippen LogP contribution in [0.5, 0.6) is 11.5 Å². The summed E-state index contributed by atoms with van der Waals surface area (Å²) in [5, 5.41) is 3.96. The van der Waals surface area contributed by atoms with Gasteiger partial charge in [0.15, 0.2) is 15.6 Å². The fourth-order valence-electron chi connectivity index (χ4n) is 3.40. The van der Waals surface area contributed by atoms with Gasteiger partial charge in [-0.3, -0.25) is 4.79 Å². The van der Waals surface area contributed by atoms with Gasteiger partial charge in [-0.25, -0.2) is 17.2 Å². The average molecular weight is 498 g/mol. The first-order chi connectivity index (χ1) is 15.6. The summed E-state index contributed by atoms with van der Waals surface area (Å²) in [6.45, 7) is 1.63. The Morgan fingerprint density at radius 3 is 2.58 bits per heavy atom. The molecule has 0 spiro atoms. The molecule has 1 aliphatic heterocycles. The molecular formula is C23H25F2NO5S2. The summed E-state index contributed by atoms with van der Waals surface area (Å²) in [6.07, 6.45) is 3.19. The van der Waals surface area contributed by atoms with Crippen molar-refractivity contribution in [2.45, 2.75) is 31.7 Å². The van der Waals surface area contributed by atoms with Crippen molar-refractivity contribution in [1.82, 2.24) is 5.32 Å². The van der Waals surface area contributed by atoms with E-state index >= 15 is 0 Å². The third kappa shape index (κ3) is 6.39. The molecule has 0 unspecified atom stereocenters. The highest BCUT2D eigenvalue weighted by molar-refractivity contribution is 7.94. The molecule has 2 heterocycles. The van der Waals surface area contributed by atoms with Gasteiger partial charge >= 0.3 is 0 Å². The van der Waals surface area contributed by atoms with Crippen LogP contribution in [0.3, 0.4) is 0 Å². The topological polar surface area (TPSA) is 81.7 Å². The van der Waals surface area contributed by atoms with Crippen LogP contribution in [-0.4, -0.2) is 39.3 Å². The maximum Gasteiger partial charge on any atom is 0.279 e. The Hall–Kier alpha value is -2.30. The van der Waals surface area contributed by atoms with Crippen molar-refractivity contribution in [3.05, 3.63) is 57.6 Å². The van der Waals surface area contributed by atoms with E-state index in [2.05, 4.69) is 5.32 Å². The molecule has 1 atom stereocenters. The minimum atomic E-state index is -3.44. The number of hydrogen-bond acceptors (Lipinski definition) is 6. The predicted molar refractivity (Wildman–Crippen MR) is 122 cm³/mol. The Bertz CT molecular complexity index is 1120. The standard InChI is InChI=1S/C23H25F2NO5S2/c1-23(24,25)20-11-19(31-17-5-3-2-4-6-17)21(32-20)22(27)26-18(16-7-8-16)9-10-33(28,29)14-15-12-30-13-15/h2-6,9-11,15-16,18H,7-8,12-14H2,1H3,(H,26,27)/b10-9+/t18-/m1/s1. The van der Waals surface area contributed by atoms with E-state index in [1.54, 1.807) is 30.3 Å². The van der Waals surface area contributed by atoms with Gasteiger partial charge in [-0.15, -0.1) is 11.3 Å². The largest absolute Gasteiger partial charge is 0.456 e. The molecule has 1 amide bonds. The van der Waals surface area contributed by atoms with Crippen LogP contribution in [0.2, 0.25) is 0 Å². The molecule has 6 nitrogen and oxygen atoms in total. The first kappa shape index (κ1) is 23.8. The predicted octanol–water partition coefficient (Wildman–Crippen LogP) is 4.74. The molecule has 1 N–H and O–H groups in total. The van der Waals surface area contributed by atoms with Gasteiger partial charge in [0.25, 0.3) is 11.8 Å². The molecule has 10 heteroatoms. The third-order valence-corrected chi connectivity index (χ3v) is 8.20. The van der Waals surface area contributed by atoms with Crippen LogP contribution in [-0.2, 0) is 20.5 Å². The Morgan fingerprint density at radius 1 is 1.30 bits per heavy atom. The second-order valence-electron chi connectivity index (χ2n) is 8.51. The smallest absolute Gasteiger partial charge is 0.279 e. The van der Waals surface area contributed by atoms with Gasteiger partial charge in [-0.2, -0.15) is 0 Å². The highest BCUT2D eigenvalue weighted by atomic mass is 32.2. The molecular weight excluding hydrogens is 472 g/mol. The van der Waals surface area contributed by atoms with E-state index in [9.17, 15) is 22.0 Å². The summed E-state index contributed by atoms with van der Waals surface area (Å²) in [6, 6.07) is 9.26. The average Bonchev–Trinajstić information content (AvgIpc) is 3.47. The second kappa shape index (κ2) is 9.52. The first-order valence-corrected chi connectivity index (χ1v) is 13.2. The minimum Gasteiger partial charge on any atom is -0.456 e. The second-order valence-corrected chi connectivity index (χ2v) is 11.5. The minimum absolute atomic E-state index is 0.00373. The van der Waals surface area contributed by atoms with E-state index < -0.39 is 27.7 Å². The first-order valence-electron chi connectivity index (χ1n) is 10.7. The lowest BCUT2D eigenvalue weighted by Gasteiger charge is -2.24. The molecule has 1 saturated carbocycles. The molecule has 33 heavy (non-hydrogen) atoms. The van der Waals surface area contributed by atoms with Crippen molar-refractivity contribution in [3.63, 3.8) is 0 Å². The van der Waals surface area contributed by atoms with E-state index in [1.807, 2.05) is 0 Å². The van der Waals surface area contributed by atoms with Gasteiger partial charge in [-0.05, 0) is 30.9 Å². The summed E-state index contributed by atoms with van der Waals surface area (Å²) < 4.78 is 63.4. The Morgan fingerprint density at radius 2 is 2.00 bits per heavy atom. The fourth-order valence-corrected chi connectivity index (χ4v) is 5.69. The van der Waals surface area contributed by atoms with E-state index in [4.69, 9.17) is 9.47 Å². The number of carbonyl (C=O) groups excluding carboxylic acids is 1. The number of thiophene rings is 1. The monoisotopic (exact) mass is 497 g/mol. The fraction of sp³-hybridized carbons (Fsp3) is 0.435. The lowest BCUT2D eigenvalue weighted by molar-refractivity contribution is -0.0203. The number of para-hydroxylation sites is 1. The van der Waals surface area contributed by atoms with Gasteiger partial charge in [-0.1, -0.05) is 24.3 Å². The van der Waals surface area contributed by atoms with Crippen LogP contribution in [0.4, 0.5) is 8.78 Å². The van der Waals surface area contributed by atoms with E-state index in [1.165, 1.54) is 12.1 Å². The molecule has 2 aliphatic rings. The number of halogens is 2. The lowest BCUT2D eigenvalue weighted by atomic mass is 10.1. The van der Waals surface area contributed by atoms with Crippen LogP contribution in [0, 0.1) is 11.8 Å². The summed E-state index contributed by atoms with van der Waals surface area (Å²) >= 11 is 0.667. The zero-order valence-corrected chi connectivity index (χ0v) is 19.6. The van der Waals surface area contributed by atoms with Gasteiger partial charge in [0, 0.05) is 24.3 Å². The van der Waals surface area contributed by atoms with Crippen molar-refractivity contribution in [1.29, 1.82) is 0 Å². The molecule has 1 aromatic carbocycles. The number of alkyl halides is 2.